The van der Waals surface area contributed by atoms with E-state index < -0.39 is 51.2 Å². The van der Waals surface area contributed by atoms with Crippen LogP contribution in [0.25, 0.3) is 0 Å². The number of ketones is 1. The summed E-state index contributed by atoms with van der Waals surface area (Å²) in [6.45, 7) is 2.26. The maximum atomic E-state index is 12.1. The summed E-state index contributed by atoms with van der Waals surface area (Å²) in [6.07, 6.45) is -1.29. The lowest BCUT2D eigenvalue weighted by atomic mass is 9.90. The largest absolute Gasteiger partial charge is 0.753 e. The zero-order chi connectivity index (χ0) is 15.5. The van der Waals surface area contributed by atoms with Crippen LogP contribution in [0.5, 0.6) is 0 Å². The molecule has 0 atom stereocenters. The van der Waals surface area contributed by atoms with Crippen molar-refractivity contribution in [1.82, 2.24) is 5.06 Å². The van der Waals surface area contributed by atoms with Crippen LogP contribution >= 0.6 is 0 Å². The van der Waals surface area contributed by atoms with E-state index in [0.29, 0.717) is 0 Å². The Morgan fingerprint density at radius 2 is 1.75 bits per heavy atom. The Bertz CT molecular complexity index is 579. The summed E-state index contributed by atoms with van der Waals surface area (Å²) in [5.41, 5.74) is -6.57. The lowest BCUT2D eigenvalue weighted by Crippen LogP contribution is -2.54. The first-order chi connectivity index (χ1) is 9.08. The summed E-state index contributed by atoms with van der Waals surface area (Å²) >= 11 is 0. The van der Waals surface area contributed by atoms with Crippen molar-refractivity contribution in [2.75, 3.05) is 0 Å². The van der Waals surface area contributed by atoms with E-state index in [0.717, 1.165) is 13.8 Å². The lowest BCUT2D eigenvalue weighted by molar-refractivity contribution is -0.787. The van der Waals surface area contributed by atoms with Crippen LogP contribution in [-0.4, -0.2) is 36.8 Å². The number of allylic oxidation sites excluding steroid dienone is 1. The average Bonchev–Trinajstić information content (AvgIpc) is 2.52. The van der Waals surface area contributed by atoms with Crippen LogP contribution in [0, 0.1) is 30.3 Å². The molecule has 108 valence electrons. The maximum Gasteiger partial charge on any atom is 0.505 e. The van der Waals surface area contributed by atoms with Gasteiger partial charge in [-0.3, -0.25) is 25.0 Å². The standard InChI is InChI=1S/C9H10N4O7/c1-8(2)10(15)6-5(14)3-4-9(12(17)18,13(19)20)7(6)11(8)16/h3-4H2,1-2H3. The second-order valence-corrected chi connectivity index (χ2v) is 5.03. The number of nitrogens with zero attached hydrogens (tertiary/aromatic N) is 4. The van der Waals surface area contributed by atoms with Crippen LogP contribution < -0.4 is 0 Å². The molecule has 0 aromatic carbocycles. The molecule has 1 aliphatic heterocycles. The van der Waals surface area contributed by atoms with Gasteiger partial charge in [0.05, 0.1) is 4.76 Å². The molecule has 2 rings (SSSR count). The molecular formula is C9H10N4O7. The van der Waals surface area contributed by atoms with Crippen LogP contribution in [0.15, 0.2) is 11.4 Å². The zero-order valence-corrected chi connectivity index (χ0v) is 10.6. The number of nitro groups is 2. The van der Waals surface area contributed by atoms with E-state index in [4.69, 9.17) is 0 Å². The second-order valence-electron chi connectivity index (χ2n) is 5.03. The van der Waals surface area contributed by atoms with Crippen LogP contribution in [0.4, 0.5) is 0 Å². The van der Waals surface area contributed by atoms with E-state index in [1.807, 2.05) is 0 Å². The number of hydrogen-bond donors (Lipinski definition) is 0. The van der Waals surface area contributed by atoms with Gasteiger partial charge >= 0.3 is 11.4 Å². The van der Waals surface area contributed by atoms with Gasteiger partial charge in [0.1, 0.15) is 16.3 Å². The Kier molecular flexibility index (Phi) is 2.65. The monoisotopic (exact) mass is 286 g/mol. The third-order valence-corrected chi connectivity index (χ3v) is 3.57. The third kappa shape index (κ3) is 1.35. The Labute approximate surface area is 111 Å². The molecule has 0 aromatic rings. The van der Waals surface area contributed by atoms with E-state index in [1.54, 1.807) is 0 Å². The fourth-order valence-corrected chi connectivity index (χ4v) is 2.37. The molecule has 2 aliphatic rings. The van der Waals surface area contributed by atoms with Gasteiger partial charge in [-0.05, 0) is 0 Å². The normalized spacial score (nSPS) is 23.9. The lowest BCUT2D eigenvalue weighted by Gasteiger charge is -2.34. The molecule has 0 aromatic heterocycles. The number of Topliss-reactive ketones (excluding diaryl/α,β-unsaturated/α-hetero) is 1. The van der Waals surface area contributed by atoms with Gasteiger partial charge in [0.2, 0.25) is 11.5 Å². The van der Waals surface area contributed by atoms with Gasteiger partial charge in [-0.2, -0.15) is 0 Å². The van der Waals surface area contributed by atoms with E-state index in [1.165, 1.54) is 0 Å². The molecule has 0 spiro atoms. The highest BCUT2D eigenvalue weighted by Crippen LogP contribution is 2.45. The summed E-state index contributed by atoms with van der Waals surface area (Å²) < 4.78 is 0.0125. The molecule has 0 N–H and O–H groups in total. The molecule has 0 amide bonds. The molecule has 0 radical (unpaired) electrons. The van der Waals surface area contributed by atoms with Crippen molar-refractivity contribution in [2.24, 2.45) is 0 Å². The molecule has 20 heavy (non-hydrogen) atoms. The third-order valence-electron chi connectivity index (χ3n) is 3.57. The number of carbonyl (C=O) groups excluding carboxylic acids is 1. The number of rotatable bonds is 2. The van der Waals surface area contributed by atoms with Gasteiger partial charge in [0.15, 0.2) is 0 Å². The minimum atomic E-state index is -2.96. The van der Waals surface area contributed by atoms with Crippen molar-refractivity contribution in [1.29, 1.82) is 0 Å². The smallest absolute Gasteiger partial charge is 0.505 e. The highest BCUT2D eigenvalue weighted by atomic mass is 16.7. The molecule has 11 nitrogen and oxygen atoms in total. The van der Waals surface area contributed by atoms with Gasteiger partial charge in [-0.15, -0.1) is 0 Å². The predicted octanol–water partition coefficient (Wildman–Crippen LogP) is 0.139. The van der Waals surface area contributed by atoms with E-state index in [9.17, 15) is 35.1 Å². The minimum absolute atomic E-state index is 0.0125. The van der Waals surface area contributed by atoms with Gasteiger partial charge in [0.25, 0.3) is 5.66 Å². The van der Waals surface area contributed by atoms with Crippen molar-refractivity contribution in [3.63, 3.8) is 0 Å². The number of nitroso groups, excluding NO2 is 1. The maximum absolute atomic E-state index is 12.1. The summed E-state index contributed by atoms with van der Waals surface area (Å²) in [7, 11) is 0. The average molecular weight is 286 g/mol. The molecule has 0 fully saturated rings. The fraction of sp³-hybridized carbons (Fsp3) is 0.667. The summed E-state index contributed by atoms with van der Waals surface area (Å²) in [6, 6.07) is 0. The Balaban J connectivity index is 2.81. The molecule has 0 saturated carbocycles. The van der Waals surface area contributed by atoms with Crippen molar-refractivity contribution in [3.8, 4) is 0 Å². The zero-order valence-electron chi connectivity index (χ0n) is 10.6. The van der Waals surface area contributed by atoms with Gasteiger partial charge in [0, 0.05) is 25.2 Å². The first kappa shape index (κ1) is 14.0. The topological polar surface area (TPSA) is 150 Å². The van der Waals surface area contributed by atoms with E-state index in [2.05, 4.69) is 0 Å². The van der Waals surface area contributed by atoms with Crippen LogP contribution in [0.2, 0.25) is 0 Å². The van der Waals surface area contributed by atoms with Gasteiger partial charge in [-0.25, -0.2) is 0 Å². The van der Waals surface area contributed by atoms with E-state index in [-0.39, 0.29) is 9.82 Å². The highest BCUT2D eigenvalue weighted by molar-refractivity contribution is 5.95. The minimum Gasteiger partial charge on any atom is -0.753 e. The Morgan fingerprint density at radius 3 is 2.20 bits per heavy atom. The fourth-order valence-electron chi connectivity index (χ4n) is 2.37. The quantitative estimate of drug-likeness (QED) is 0.301. The number of hydrogen-bond acceptors (Lipinski definition) is 8. The van der Waals surface area contributed by atoms with Crippen molar-refractivity contribution < 1.29 is 19.4 Å². The van der Waals surface area contributed by atoms with Gasteiger partial charge in [-0.1, -0.05) is 0 Å². The SMILES string of the molecule is CC1(C)N([O-])C2=C(C(=O)CCC2([N+](=O)[O-])[N+](=O)[O-])[N+]1=O. The summed E-state index contributed by atoms with van der Waals surface area (Å²) in [5.74, 6) is -0.805. The Morgan fingerprint density at radius 1 is 1.25 bits per heavy atom. The molecule has 1 aliphatic carbocycles. The molecule has 0 saturated heterocycles. The van der Waals surface area contributed by atoms with Crippen LogP contribution in [0.1, 0.15) is 26.7 Å². The summed E-state index contributed by atoms with van der Waals surface area (Å²) in [4.78, 5) is 43.6. The molecule has 0 unspecified atom stereocenters. The van der Waals surface area contributed by atoms with Crippen LogP contribution in [0.3, 0.4) is 0 Å². The van der Waals surface area contributed by atoms with Crippen molar-refractivity contribution in [2.45, 2.75) is 38.0 Å². The van der Waals surface area contributed by atoms with Crippen LogP contribution in [-0.2, 0) is 4.79 Å². The molecule has 11 heteroatoms. The highest BCUT2D eigenvalue weighted by Gasteiger charge is 2.73. The first-order valence-electron chi connectivity index (χ1n) is 5.60. The number of hydroxylamine groups is 2. The Hall–Kier alpha value is -2.43. The van der Waals surface area contributed by atoms with Gasteiger partial charge < -0.3 is 10.3 Å². The molecule has 0 bridgehead atoms. The predicted molar refractivity (Wildman–Crippen MR) is 60.9 cm³/mol. The second kappa shape index (κ2) is 3.79. The number of carbonyl (C=O) groups is 1. The molecular weight excluding hydrogens is 276 g/mol. The van der Waals surface area contributed by atoms with E-state index >= 15 is 0 Å². The van der Waals surface area contributed by atoms with Crippen molar-refractivity contribution >= 4 is 5.78 Å². The first-order valence-corrected chi connectivity index (χ1v) is 5.60. The molecule has 1 heterocycles. The van der Waals surface area contributed by atoms with Crippen molar-refractivity contribution in [3.05, 3.63) is 41.7 Å². The summed E-state index contributed by atoms with van der Waals surface area (Å²) in [5, 5.41) is 34.3.